The lowest BCUT2D eigenvalue weighted by molar-refractivity contribution is -0.131. The van der Waals surface area contributed by atoms with E-state index in [0.717, 1.165) is 74.3 Å². The Morgan fingerprint density at radius 2 is 1.76 bits per heavy atom. The first-order valence-corrected chi connectivity index (χ1v) is 13.1. The molecule has 2 atom stereocenters. The minimum atomic E-state index is -0.0164. The van der Waals surface area contributed by atoms with Crippen molar-refractivity contribution in [2.24, 2.45) is 0 Å². The molecule has 8 heteroatoms. The summed E-state index contributed by atoms with van der Waals surface area (Å²) < 4.78 is 2.06. The molecule has 1 amide bonds. The van der Waals surface area contributed by atoms with E-state index in [2.05, 4.69) is 68.3 Å². The van der Waals surface area contributed by atoms with Gasteiger partial charge in [0, 0.05) is 56.4 Å². The predicted molar refractivity (Wildman–Crippen MR) is 134 cm³/mol. The summed E-state index contributed by atoms with van der Waals surface area (Å²) in [5, 5.41) is 9.74. The molecule has 3 aromatic rings. The highest BCUT2D eigenvalue weighted by Gasteiger charge is 2.37. The van der Waals surface area contributed by atoms with Crippen LogP contribution < -0.4 is 10.2 Å². The average molecular weight is 463 g/mol. The summed E-state index contributed by atoms with van der Waals surface area (Å²) in [4.78, 5) is 19.8. The summed E-state index contributed by atoms with van der Waals surface area (Å²) in [6, 6.07) is 19.3. The van der Waals surface area contributed by atoms with E-state index in [1.165, 1.54) is 5.39 Å². The highest BCUT2D eigenvalue weighted by molar-refractivity contribution is 7.99. The van der Waals surface area contributed by atoms with E-state index in [-0.39, 0.29) is 6.04 Å². The highest BCUT2D eigenvalue weighted by atomic mass is 32.2. The number of anilines is 1. The second-order valence-corrected chi connectivity index (χ2v) is 10.2. The van der Waals surface area contributed by atoms with E-state index in [1.807, 2.05) is 22.7 Å². The van der Waals surface area contributed by atoms with Gasteiger partial charge < -0.3 is 15.1 Å². The minimum absolute atomic E-state index is 0.0164. The second kappa shape index (κ2) is 9.00. The summed E-state index contributed by atoms with van der Waals surface area (Å²) in [7, 11) is 0. The molecule has 6 rings (SSSR count). The Hall–Kier alpha value is -2.55. The summed E-state index contributed by atoms with van der Waals surface area (Å²) in [6.45, 7) is 5.71. The number of carbonyl (C=O) groups excluding carboxylic acids is 1. The van der Waals surface area contributed by atoms with E-state index >= 15 is 0 Å². The SMILES string of the molecule is O=C([C@@H]1C[C@H](N2CCN(c3nn(-c4ccccc4)c4ccccc34)CC2)CN1)N1CCSC1. The number of carbonyl (C=O) groups is 1. The molecule has 0 aliphatic carbocycles. The molecular formula is C25H30N6OS. The van der Waals surface area contributed by atoms with Crippen LogP contribution in [0, 0.1) is 0 Å². The van der Waals surface area contributed by atoms with Gasteiger partial charge in [0.25, 0.3) is 0 Å². The van der Waals surface area contributed by atoms with E-state index in [9.17, 15) is 4.79 Å². The molecule has 4 heterocycles. The largest absolute Gasteiger partial charge is 0.352 e. The number of para-hydroxylation sites is 2. The molecule has 2 aromatic carbocycles. The number of hydrogen-bond donors (Lipinski definition) is 1. The number of nitrogens with one attached hydrogen (secondary N) is 1. The van der Waals surface area contributed by atoms with Crippen LogP contribution in [0.3, 0.4) is 0 Å². The normalized spacial score (nSPS) is 24.1. The Bertz CT molecular complexity index is 1120. The van der Waals surface area contributed by atoms with Crippen LogP contribution in [-0.4, -0.2) is 88.5 Å². The van der Waals surface area contributed by atoms with Crippen molar-refractivity contribution >= 4 is 34.4 Å². The first kappa shape index (κ1) is 21.0. The molecule has 33 heavy (non-hydrogen) atoms. The zero-order valence-corrected chi connectivity index (χ0v) is 19.6. The van der Waals surface area contributed by atoms with Crippen molar-refractivity contribution in [2.75, 3.05) is 55.8 Å². The minimum Gasteiger partial charge on any atom is -0.352 e. The molecule has 0 unspecified atom stereocenters. The quantitative estimate of drug-likeness (QED) is 0.643. The number of amides is 1. The van der Waals surface area contributed by atoms with Gasteiger partial charge in [0.05, 0.1) is 23.1 Å². The van der Waals surface area contributed by atoms with Crippen LogP contribution in [0.1, 0.15) is 6.42 Å². The Labute approximate surface area is 198 Å². The number of nitrogens with zero attached hydrogens (tertiary/aromatic N) is 5. The fourth-order valence-corrected chi connectivity index (χ4v) is 6.30. The average Bonchev–Trinajstić information content (AvgIpc) is 3.64. The molecule has 1 aromatic heterocycles. The standard InChI is InChI=1S/C25H30N6OS/c32-25(30-14-15-33-18-30)22-16-20(17-26-22)28-10-12-29(13-11-28)24-21-8-4-5-9-23(21)31(27-24)19-6-2-1-3-7-19/h1-9,20,22,26H,10-18H2/t20-,22-/m0/s1. The van der Waals surface area contributed by atoms with E-state index in [4.69, 9.17) is 5.10 Å². The number of hydrogen-bond acceptors (Lipinski definition) is 6. The van der Waals surface area contributed by atoms with E-state index < -0.39 is 0 Å². The fraction of sp³-hybridized carbons (Fsp3) is 0.440. The highest BCUT2D eigenvalue weighted by Crippen LogP contribution is 2.30. The molecule has 3 aliphatic rings. The third-order valence-electron chi connectivity index (χ3n) is 7.17. The van der Waals surface area contributed by atoms with Crippen LogP contribution in [0.25, 0.3) is 16.6 Å². The molecule has 0 spiro atoms. The lowest BCUT2D eigenvalue weighted by Gasteiger charge is -2.38. The third kappa shape index (κ3) is 4.00. The van der Waals surface area contributed by atoms with Crippen LogP contribution in [0.5, 0.6) is 0 Å². The number of benzene rings is 2. The summed E-state index contributed by atoms with van der Waals surface area (Å²) in [6.07, 6.45) is 0.922. The van der Waals surface area contributed by atoms with E-state index in [1.54, 1.807) is 0 Å². The molecule has 172 valence electrons. The topological polar surface area (TPSA) is 56.6 Å². The summed E-state index contributed by atoms with van der Waals surface area (Å²) in [5.74, 6) is 3.28. The zero-order valence-electron chi connectivity index (χ0n) is 18.8. The van der Waals surface area contributed by atoms with Gasteiger partial charge >= 0.3 is 0 Å². The van der Waals surface area contributed by atoms with Crippen LogP contribution in [-0.2, 0) is 4.79 Å². The monoisotopic (exact) mass is 462 g/mol. The van der Waals surface area contributed by atoms with Gasteiger partial charge in [-0.15, -0.1) is 16.9 Å². The van der Waals surface area contributed by atoms with Crippen LogP contribution in [0.15, 0.2) is 54.6 Å². The molecule has 0 radical (unpaired) electrons. The first-order chi connectivity index (χ1) is 16.3. The lowest BCUT2D eigenvalue weighted by atomic mass is 10.1. The maximum atomic E-state index is 12.8. The van der Waals surface area contributed by atoms with Gasteiger partial charge in [-0.1, -0.05) is 30.3 Å². The number of fused-ring (bicyclic) bond motifs is 1. The van der Waals surface area contributed by atoms with Gasteiger partial charge in [-0.2, -0.15) is 0 Å². The molecule has 7 nitrogen and oxygen atoms in total. The molecule has 1 N–H and O–H groups in total. The predicted octanol–water partition coefficient (Wildman–Crippen LogP) is 2.41. The Kier molecular flexibility index (Phi) is 5.73. The van der Waals surface area contributed by atoms with Crippen molar-refractivity contribution in [3.63, 3.8) is 0 Å². The second-order valence-electron chi connectivity index (χ2n) is 9.10. The van der Waals surface area contributed by atoms with Gasteiger partial charge in [0.15, 0.2) is 5.82 Å². The molecule has 3 saturated heterocycles. The fourth-order valence-electron chi connectivity index (χ4n) is 5.34. The number of piperazine rings is 1. The Balaban J connectivity index is 1.14. The summed E-state index contributed by atoms with van der Waals surface area (Å²) in [5.41, 5.74) is 2.23. The van der Waals surface area contributed by atoms with Crippen molar-refractivity contribution in [3.8, 4) is 5.69 Å². The van der Waals surface area contributed by atoms with Gasteiger partial charge in [0.1, 0.15) is 0 Å². The van der Waals surface area contributed by atoms with Gasteiger partial charge in [-0.3, -0.25) is 9.69 Å². The van der Waals surface area contributed by atoms with Gasteiger partial charge in [0.2, 0.25) is 5.91 Å². The summed E-state index contributed by atoms with van der Waals surface area (Å²) >= 11 is 1.85. The maximum Gasteiger partial charge on any atom is 0.240 e. The molecular weight excluding hydrogens is 432 g/mol. The number of aromatic nitrogens is 2. The molecule has 3 aliphatic heterocycles. The lowest BCUT2D eigenvalue weighted by Crippen LogP contribution is -2.51. The molecule has 3 fully saturated rings. The van der Waals surface area contributed by atoms with E-state index in [0.29, 0.717) is 11.9 Å². The van der Waals surface area contributed by atoms with Crippen LogP contribution >= 0.6 is 11.8 Å². The molecule has 0 bridgehead atoms. The zero-order chi connectivity index (χ0) is 22.2. The maximum absolute atomic E-state index is 12.8. The van der Waals surface area contributed by atoms with Crippen LogP contribution in [0.4, 0.5) is 5.82 Å². The van der Waals surface area contributed by atoms with Crippen molar-refractivity contribution in [1.82, 2.24) is 24.9 Å². The number of thioether (sulfide) groups is 1. The number of rotatable bonds is 4. The van der Waals surface area contributed by atoms with Gasteiger partial charge in [-0.25, -0.2) is 4.68 Å². The first-order valence-electron chi connectivity index (χ1n) is 11.9. The van der Waals surface area contributed by atoms with Crippen molar-refractivity contribution in [3.05, 3.63) is 54.6 Å². The Morgan fingerprint density at radius 3 is 2.55 bits per heavy atom. The third-order valence-corrected chi connectivity index (χ3v) is 8.13. The van der Waals surface area contributed by atoms with Crippen LogP contribution in [0.2, 0.25) is 0 Å². The van der Waals surface area contributed by atoms with Crippen molar-refractivity contribution < 1.29 is 4.79 Å². The molecule has 0 saturated carbocycles. The van der Waals surface area contributed by atoms with Crippen molar-refractivity contribution in [1.29, 1.82) is 0 Å². The Morgan fingerprint density at radius 1 is 0.970 bits per heavy atom. The van der Waals surface area contributed by atoms with Crippen molar-refractivity contribution in [2.45, 2.75) is 18.5 Å². The van der Waals surface area contributed by atoms with Gasteiger partial charge in [-0.05, 0) is 30.7 Å². The smallest absolute Gasteiger partial charge is 0.240 e.